The zero-order valence-corrected chi connectivity index (χ0v) is 11.9. The van der Waals surface area contributed by atoms with Crippen LogP contribution in [0.4, 0.5) is 11.4 Å². The lowest BCUT2D eigenvalue weighted by Gasteiger charge is -2.24. The molecule has 3 N–H and O–H groups in total. The van der Waals surface area contributed by atoms with Crippen molar-refractivity contribution in [1.29, 1.82) is 0 Å². The Hall–Kier alpha value is -1.80. The molecule has 0 aromatic heterocycles. The topological polar surface area (TPSA) is 102 Å². The number of nitro benzene ring substituents is 1. The maximum Gasteiger partial charge on any atom is 0.293 e. The molecule has 20 heavy (non-hydrogen) atoms. The maximum absolute atomic E-state index is 12.4. The minimum Gasteiger partial charge on any atom is -0.338 e. The third-order valence-electron chi connectivity index (χ3n) is 3.37. The summed E-state index contributed by atoms with van der Waals surface area (Å²) in [5.41, 5.74) is 2.64. The second kappa shape index (κ2) is 6.10. The molecule has 0 radical (unpaired) electrons. The number of amides is 1. The van der Waals surface area contributed by atoms with Crippen molar-refractivity contribution in [3.05, 3.63) is 33.9 Å². The Kier molecular flexibility index (Phi) is 4.46. The molecule has 0 bridgehead atoms. The van der Waals surface area contributed by atoms with E-state index in [4.69, 9.17) is 5.84 Å². The minimum atomic E-state index is -0.541. The molecule has 1 atom stereocenters. The molecule has 0 saturated carbocycles. The van der Waals surface area contributed by atoms with Crippen LogP contribution < -0.4 is 11.3 Å². The Morgan fingerprint density at radius 2 is 2.35 bits per heavy atom. The Morgan fingerprint density at radius 3 is 2.90 bits per heavy atom. The molecule has 1 fully saturated rings. The molecule has 7 nitrogen and oxygen atoms in total. The van der Waals surface area contributed by atoms with Gasteiger partial charge < -0.3 is 10.3 Å². The number of anilines is 1. The molecule has 1 saturated heterocycles. The van der Waals surface area contributed by atoms with Gasteiger partial charge in [-0.05, 0) is 24.3 Å². The van der Waals surface area contributed by atoms with E-state index < -0.39 is 4.92 Å². The van der Waals surface area contributed by atoms with Crippen molar-refractivity contribution in [1.82, 2.24) is 4.90 Å². The average Bonchev–Trinajstić information content (AvgIpc) is 2.99. The van der Waals surface area contributed by atoms with Crippen LogP contribution in [0.2, 0.25) is 0 Å². The van der Waals surface area contributed by atoms with Gasteiger partial charge in [0.15, 0.2) is 0 Å². The smallest absolute Gasteiger partial charge is 0.293 e. The van der Waals surface area contributed by atoms with Gasteiger partial charge in [-0.25, -0.2) is 0 Å². The summed E-state index contributed by atoms with van der Waals surface area (Å²) in [4.78, 5) is 24.3. The number of nitro groups is 1. The second-order valence-electron chi connectivity index (χ2n) is 4.57. The van der Waals surface area contributed by atoms with Crippen LogP contribution in [0.25, 0.3) is 0 Å². The normalized spacial score (nSPS) is 17.8. The number of nitrogens with zero attached hydrogens (tertiary/aromatic N) is 2. The Morgan fingerprint density at radius 1 is 1.60 bits per heavy atom. The predicted molar refractivity (Wildman–Crippen MR) is 78.7 cm³/mol. The molecule has 0 spiro atoms. The summed E-state index contributed by atoms with van der Waals surface area (Å²) in [5, 5.41) is 10.8. The second-order valence-corrected chi connectivity index (χ2v) is 5.72. The number of thioether (sulfide) groups is 1. The number of hydrazine groups is 1. The molecular weight excluding hydrogens is 280 g/mol. The van der Waals surface area contributed by atoms with Crippen LogP contribution in [-0.4, -0.2) is 40.3 Å². The van der Waals surface area contributed by atoms with Gasteiger partial charge in [0.25, 0.3) is 11.6 Å². The third kappa shape index (κ3) is 2.86. The number of carbonyl (C=O) groups is 1. The van der Waals surface area contributed by atoms with Gasteiger partial charge in [0.05, 0.1) is 4.92 Å². The molecule has 1 aliphatic rings. The quantitative estimate of drug-likeness (QED) is 0.495. The number of carbonyl (C=O) groups excluding carboxylic acids is 1. The van der Waals surface area contributed by atoms with Crippen molar-refractivity contribution in [2.45, 2.75) is 12.5 Å². The van der Waals surface area contributed by atoms with E-state index in [1.807, 2.05) is 11.8 Å². The fourth-order valence-corrected chi connectivity index (χ4v) is 3.41. The molecule has 1 amide bonds. The summed E-state index contributed by atoms with van der Waals surface area (Å²) in [7, 11) is 1.76. The van der Waals surface area contributed by atoms with E-state index in [2.05, 4.69) is 5.43 Å². The van der Waals surface area contributed by atoms with E-state index in [0.29, 0.717) is 5.56 Å². The highest BCUT2D eigenvalue weighted by Crippen LogP contribution is 2.27. The first-order chi connectivity index (χ1) is 9.54. The molecule has 1 aliphatic heterocycles. The first-order valence-corrected chi connectivity index (χ1v) is 7.30. The highest BCUT2D eigenvalue weighted by molar-refractivity contribution is 7.99. The fraction of sp³-hybridized carbons (Fsp3) is 0.417. The summed E-state index contributed by atoms with van der Waals surface area (Å²) in [5.74, 6) is 7.11. The zero-order valence-electron chi connectivity index (χ0n) is 11.0. The van der Waals surface area contributed by atoms with Crippen LogP contribution in [0.1, 0.15) is 16.8 Å². The van der Waals surface area contributed by atoms with Crippen LogP contribution in [0.3, 0.4) is 0 Å². The van der Waals surface area contributed by atoms with E-state index in [-0.39, 0.29) is 23.3 Å². The van der Waals surface area contributed by atoms with Gasteiger partial charge in [0.2, 0.25) is 0 Å². The van der Waals surface area contributed by atoms with Gasteiger partial charge in [-0.2, -0.15) is 11.8 Å². The van der Waals surface area contributed by atoms with Crippen molar-refractivity contribution in [2.24, 2.45) is 5.84 Å². The first kappa shape index (κ1) is 14.6. The Labute approximate surface area is 120 Å². The van der Waals surface area contributed by atoms with Crippen molar-refractivity contribution < 1.29 is 9.72 Å². The van der Waals surface area contributed by atoms with E-state index in [1.165, 1.54) is 18.2 Å². The predicted octanol–water partition coefficient (Wildman–Crippen LogP) is 1.46. The summed E-state index contributed by atoms with van der Waals surface area (Å²) in [6.07, 6.45) is 0.974. The van der Waals surface area contributed by atoms with E-state index >= 15 is 0 Å². The summed E-state index contributed by atoms with van der Waals surface area (Å²) in [6, 6.07) is 4.38. The van der Waals surface area contributed by atoms with E-state index in [1.54, 1.807) is 11.9 Å². The molecule has 2 rings (SSSR count). The number of nitrogens with two attached hydrogens (primary N) is 1. The molecule has 1 heterocycles. The van der Waals surface area contributed by atoms with Crippen molar-refractivity contribution in [2.75, 3.05) is 24.0 Å². The molecule has 1 unspecified atom stereocenters. The van der Waals surface area contributed by atoms with Crippen molar-refractivity contribution in [3.63, 3.8) is 0 Å². The Bertz CT molecular complexity index is 531. The fourth-order valence-electron chi connectivity index (χ4n) is 2.14. The van der Waals surface area contributed by atoms with Gasteiger partial charge in [0, 0.05) is 30.5 Å². The van der Waals surface area contributed by atoms with Crippen LogP contribution >= 0.6 is 11.8 Å². The number of rotatable bonds is 4. The lowest BCUT2D eigenvalue weighted by molar-refractivity contribution is -0.384. The molecular formula is C12H16N4O3S. The van der Waals surface area contributed by atoms with Gasteiger partial charge in [0.1, 0.15) is 5.69 Å². The summed E-state index contributed by atoms with van der Waals surface area (Å²) >= 11 is 1.82. The molecule has 108 valence electrons. The highest BCUT2D eigenvalue weighted by Gasteiger charge is 2.25. The largest absolute Gasteiger partial charge is 0.338 e. The van der Waals surface area contributed by atoms with Crippen LogP contribution in [-0.2, 0) is 0 Å². The first-order valence-electron chi connectivity index (χ1n) is 6.14. The number of hydrogen-bond acceptors (Lipinski definition) is 6. The van der Waals surface area contributed by atoms with Gasteiger partial charge in [-0.1, -0.05) is 0 Å². The number of nitrogens with one attached hydrogen (secondary N) is 1. The SMILES string of the molecule is CN(C(=O)c1ccc([N+](=O)[O-])c(NN)c1)C1CCSC1. The third-order valence-corrected chi connectivity index (χ3v) is 4.51. The lowest BCUT2D eigenvalue weighted by atomic mass is 10.1. The van der Waals surface area contributed by atoms with Crippen LogP contribution in [0.5, 0.6) is 0 Å². The van der Waals surface area contributed by atoms with Crippen molar-refractivity contribution >= 4 is 29.0 Å². The standard InChI is InChI=1S/C12H16N4O3S/c1-15(9-4-5-20-7-9)12(17)8-2-3-11(16(18)19)10(6-8)14-13/h2-3,6,9,14H,4-5,7,13H2,1H3. The maximum atomic E-state index is 12.4. The lowest BCUT2D eigenvalue weighted by Crippen LogP contribution is -2.37. The average molecular weight is 296 g/mol. The Balaban J connectivity index is 2.23. The minimum absolute atomic E-state index is 0.134. The van der Waals surface area contributed by atoms with Gasteiger partial charge in [-0.15, -0.1) is 0 Å². The number of nitrogen functional groups attached to an aromatic ring is 1. The van der Waals surface area contributed by atoms with Crippen LogP contribution in [0, 0.1) is 10.1 Å². The van der Waals surface area contributed by atoms with E-state index in [9.17, 15) is 14.9 Å². The van der Waals surface area contributed by atoms with Gasteiger partial charge >= 0.3 is 0 Å². The summed E-state index contributed by atoms with van der Waals surface area (Å²) in [6.45, 7) is 0. The number of hydrogen-bond donors (Lipinski definition) is 2. The van der Waals surface area contributed by atoms with Crippen LogP contribution in [0.15, 0.2) is 18.2 Å². The molecule has 1 aromatic rings. The number of benzene rings is 1. The van der Waals surface area contributed by atoms with E-state index in [0.717, 1.165) is 17.9 Å². The summed E-state index contributed by atoms with van der Waals surface area (Å²) < 4.78 is 0. The van der Waals surface area contributed by atoms with Crippen molar-refractivity contribution in [3.8, 4) is 0 Å². The van der Waals surface area contributed by atoms with Gasteiger partial charge in [-0.3, -0.25) is 20.8 Å². The molecule has 0 aliphatic carbocycles. The monoisotopic (exact) mass is 296 g/mol. The molecule has 8 heteroatoms. The zero-order chi connectivity index (χ0) is 14.7. The highest BCUT2D eigenvalue weighted by atomic mass is 32.2. The molecule has 1 aromatic carbocycles.